The minimum atomic E-state index is 0.00248. The summed E-state index contributed by atoms with van der Waals surface area (Å²) in [7, 11) is 0. The second-order valence-corrected chi connectivity index (χ2v) is 15.7. The molecule has 54 heavy (non-hydrogen) atoms. The number of allylic oxidation sites excluding steroid dienone is 2. The Labute approximate surface area is 329 Å². The van der Waals surface area contributed by atoms with Crippen molar-refractivity contribution in [2.45, 2.75) is 66.5 Å². The van der Waals surface area contributed by atoms with Gasteiger partial charge in [0, 0.05) is 84.5 Å². The number of aliphatic imine (C=N–C) groups is 2. The van der Waals surface area contributed by atoms with Crippen LogP contribution in [0.15, 0.2) is 119 Å². The number of halogens is 2. The van der Waals surface area contributed by atoms with Gasteiger partial charge in [-0.2, -0.15) is 0 Å². The number of benzene rings is 4. The second-order valence-electron chi connectivity index (χ2n) is 14.9. The molecule has 6 nitrogen and oxygen atoms in total. The summed E-state index contributed by atoms with van der Waals surface area (Å²) in [5.41, 5.74) is 10.8. The SMILES string of the molecule is CC(C)[C@H](CC(=O)NCc1ccccc1Cl)C1=NC=C(c2ccc(-c3ccc(C4=CN=C([C@@H](CC(=O)NCc5ccccc5Cl)C(C)C)C4)cc3)cc2)C1. The van der Waals surface area contributed by atoms with Crippen LogP contribution in [0.5, 0.6) is 0 Å². The fourth-order valence-electron chi connectivity index (χ4n) is 7.15. The van der Waals surface area contributed by atoms with Crippen molar-refractivity contribution >= 4 is 57.6 Å². The van der Waals surface area contributed by atoms with E-state index < -0.39 is 0 Å². The van der Waals surface area contributed by atoms with Crippen LogP contribution in [0.3, 0.4) is 0 Å². The van der Waals surface area contributed by atoms with E-state index in [1.807, 2.05) is 60.9 Å². The number of hydrogen-bond donors (Lipinski definition) is 2. The van der Waals surface area contributed by atoms with Crippen LogP contribution >= 0.6 is 23.2 Å². The van der Waals surface area contributed by atoms with Crippen molar-refractivity contribution in [3.8, 4) is 11.1 Å². The zero-order chi connectivity index (χ0) is 38.2. The molecular formula is C46H48Cl2N4O2. The average molecular weight is 760 g/mol. The minimum Gasteiger partial charge on any atom is -0.352 e. The second kappa shape index (κ2) is 18.0. The summed E-state index contributed by atoms with van der Waals surface area (Å²) in [6, 6.07) is 32.4. The maximum atomic E-state index is 12.9. The smallest absolute Gasteiger partial charge is 0.220 e. The van der Waals surface area contributed by atoms with Gasteiger partial charge in [-0.25, -0.2) is 0 Å². The quantitative estimate of drug-likeness (QED) is 0.127. The van der Waals surface area contributed by atoms with Crippen LogP contribution in [0.1, 0.15) is 75.6 Å². The summed E-state index contributed by atoms with van der Waals surface area (Å²) in [5, 5.41) is 7.39. The number of carbonyl (C=O) groups excluding carboxylic acids is 2. The lowest BCUT2D eigenvalue weighted by Crippen LogP contribution is -2.30. The molecule has 8 heteroatoms. The molecule has 0 saturated carbocycles. The Hall–Kier alpha value is -4.78. The summed E-state index contributed by atoms with van der Waals surface area (Å²) in [6.45, 7) is 9.42. The van der Waals surface area contributed by atoms with Crippen LogP contribution < -0.4 is 10.6 Å². The molecule has 0 unspecified atom stereocenters. The van der Waals surface area contributed by atoms with Crippen molar-refractivity contribution in [1.82, 2.24) is 10.6 Å². The molecule has 4 aromatic carbocycles. The van der Waals surface area contributed by atoms with Gasteiger partial charge in [0.25, 0.3) is 0 Å². The molecule has 0 bridgehead atoms. The van der Waals surface area contributed by atoms with Gasteiger partial charge < -0.3 is 10.6 Å². The van der Waals surface area contributed by atoms with E-state index in [1.54, 1.807) is 0 Å². The van der Waals surface area contributed by atoms with Crippen LogP contribution in [0.25, 0.3) is 22.3 Å². The highest BCUT2D eigenvalue weighted by atomic mass is 35.5. The van der Waals surface area contributed by atoms with Gasteiger partial charge in [-0.15, -0.1) is 0 Å². The lowest BCUT2D eigenvalue weighted by Gasteiger charge is -2.21. The Bertz CT molecular complexity index is 1940. The predicted octanol–water partition coefficient (Wildman–Crippen LogP) is 11.0. The topological polar surface area (TPSA) is 82.9 Å². The Morgan fingerprint density at radius 1 is 0.556 bits per heavy atom. The molecule has 2 heterocycles. The third-order valence-electron chi connectivity index (χ3n) is 10.5. The van der Waals surface area contributed by atoms with Crippen molar-refractivity contribution in [2.75, 3.05) is 0 Å². The highest BCUT2D eigenvalue weighted by Crippen LogP contribution is 2.34. The zero-order valence-corrected chi connectivity index (χ0v) is 32.9. The molecule has 2 N–H and O–H groups in total. The molecule has 2 atom stereocenters. The van der Waals surface area contributed by atoms with Crippen LogP contribution in [0.2, 0.25) is 10.0 Å². The molecular weight excluding hydrogens is 711 g/mol. The fraction of sp³-hybridized carbons (Fsp3) is 0.304. The van der Waals surface area contributed by atoms with Gasteiger partial charge in [0.05, 0.1) is 0 Å². The summed E-state index contributed by atoms with van der Waals surface area (Å²) in [5.74, 6) is 0.671. The van der Waals surface area contributed by atoms with E-state index in [0.29, 0.717) is 36.0 Å². The largest absolute Gasteiger partial charge is 0.352 e. The summed E-state index contributed by atoms with van der Waals surface area (Å²) < 4.78 is 0. The maximum absolute atomic E-state index is 12.9. The number of nitrogens with one attached hydrogen (secondary N) is 2. The van der Waals surface area contributed by atoms with E-state index in [0.717, 1.165) is 68.8 Å². The monoisotopic (exact) mass is 758 g/mol. The van der Waals surface area contributed by atoms with E-state index in [9.17, 15) is 9.59 Å². The summed E-state index contributed by atoms with van der Waals surface area (Å²) >= 11 is 12.6. The third kappa shape index (κ3) is 9.85. The van der Waals surface area contributed by atoms with Crippen LogP contribution in [-0.2, 0) is 22.7 Å². The molecule has 4 aromatic rings. The van der Waals surface area contributed by atoms with Crippen molar-refractivity contribution in [2.24, 2.45) is 33.7 Å². The van der Waals surface area contributed by atoms with E-state index >= 15 is 0 Å². The van der Waals surface area contributed by atoms with Crippen LogP contribution in [0.4, 0.5) is 0 Å². The normalized spacial score (nSPS) is 15.0. The van der Waals surface area contributed by atoms with Gasteiger partial charge in [0.15, 0.2) is 0 Å². The molecule has 0 fully saturated rings. The lowest BCUT2D eigenvalue weighted by atomic mass is 9.84. The minimum absolute atomic E-state index is 0.00248. The molecule has 2 amide bonds. The summed E-state index contributed by atoms with van der Waals surface area (Å²) in [4.78, 5) is 35.5. The van der Waals surface area contributed by atoms with Gasteiger partial charge in [-0.1, -0.05) is 136 Å². The Kier molecular flexibility index (Phi) is 13.0. The molecule has 0 radical (unpaired) electrons. The predicted molar refractivity (Wildman–Crippen MR) is 224 cm³/mol. The van der Waals surface area contributed by atoms with Gasteiger partial charge in [0.2, 0.25) is 11.8 Å². The first-order valence-corrected chi connectivity index (χ1v) is 19.5. The van der Waals surface area contributed by atoms with Gasteiger partial charge in [-0.05, 0) is 68.5 Å². The Balaban J connectivity index is 0.999. The molecule has 2 aliphatic heterocycles. The van der Waals surface area contributed by atoms with Gasteiger partial charge in [-0.3, -0.25) is 19.6 Å². The number of carbonyl (C=O) groups is 2. The number of hydrogen-bond acceptors (Lipinski definition) is 4. The first kappa shape index (κ1) is 38.9. The van der Waals surface area contributed by atoms with Crippen LogP contribution in [0, 0.1) is 23.7 Å². The third-order valence-corrected chi connectivity index (χ3v) is 11.2. The first-order valence-electron chi connectivity index (χ1n) is 18.8. The molecule has 0 spiro atoms. The Morgan fingerprint density at radius 3 is 1.26 bits per heavy atom. The van der Waals surface area contributed by atoms with E-state index in [2.05, 4.69) is 86.9 Å². The molecule has 0 saturated heterocycles. The first-order chi connectivity index (χ1) is 26.0. The average Bonchev–Trinajstić information content (AvgIpc) is 3.87. The van der Waals surface area contributed by atoms with Gasteiger partial charge >= 0.3 is 0 Å². The zero-order valence-electron chi connectivity index (χ0n) is 31.4. The van der Waals surface area contributed by atoms with Crippen LogP contribution in [-0.4, -0.2) is 23.2 Å². The number of amides is 2. The van der Waals surface area contributed by atoms with Gasteiger partial charge in [0.1, 0.15) is 0 Å². The highest BCUT2D eigenvalue weighted by Gasteiger charge is 2.28. The van der Waals surface area contributed by atoms with Crippen molar-refractivity contribution in [3.05, 3.63) is 142 Å². The number of nitrogens with zero attached hydrogens (tertiary/aromatic N) is 2. The molecule has 278 valence electrons. The van der Waals surface area contributed by atoms with Crippen molar-refractivity contribution in [3.63, 3.8) is 0 Å². The number of rotatable bonds is 15. The Morgan fingerprint density at radius 2 is 0.907 bits per heavy atom. The van der Waals surface area contributed by atoms with Crippen molar-refractivity contribution in [1.29, 1.82) is 0 Å². The maximum Gasteiger partial charge on any atom is 0.220 e. The van der Waals surface area contributed by atoms with Crippen molar-refractivity contribution < 1.29 is 9.59 Å². The van der Waals surface area contributed by atoms with E-state index in [4.69, 9.17) is 33.2 Å². The highest BCUT2D eigenvalue weighted by molar-refractivity contribution is 6.31. The lowest BCUT2D eigenvalue weighted by molar-refractivity contribution is -0.122. The van der Waals surface area contributed by atoms with E-state index in [-0.39, 0.29) is 35.5 Å². The molecule has 0 aliphatic carbocycles. The molecule has 2 aliphatic rings. The molecule has 6 rings (SSSR count). The summed E-state index contributed by atoms with van der Waals surface area (Å²) in [6.07, 6.45) is 6.17. The molecule has 0 aromatic heterocycles. The fourth-order valence-corrected chi connectivity index (χ4v) is 7.55. The van der Waals surface area contributed by atoms with E-state index in [1.165, 1.54) is 0 Å². The standard InChI is InChI=1S/C46H48Cl2N4O2/c1-29(2)39(23-45(53)51-25-35-9-5-7-11-41(35)47)43-21-37(27-49-43)33-17-13-31(14-18-33)32-15-19-34(20-16-32)38-22-44(50-28-38)40(30(3)4)24-46(54)52-26-36-10-6-8-12-42(36)48/h5-20,27-30,39-40H,21-26H2,1-4H3,(H,51,53)(H,52,54)/t39-,40-/m0/s1.